The van der Waals surface area contributed by atoms with E-state index in [2.05, 4.69) is 25.7 Å². The molecule has 5 rings (SSSR count). The summed E-state index contributed by atoms with van der Waals surface area (Å²) in [6.45, 7) is 18.6. The SMILES string of the molecule is C=C(C)OC1CC/C=C/CC(=O)c2c(OCC)c(C)c(O)c3c(O)c(c4c(c23)=NC2(CCCCCC2)N=4)NC(=O)/C(C)=C\C=C\C(C)CCC(OC(C)(C)O)[C@H]1C. The lowest BCUT2D eigenvalue weighted by Gasteiger charge is -2.35. The number of rotatable bonds is 6. The first-order valence-corrected chi connectivity index (χ1v) is 20.7. The fraction of sp³-hybridized carbons (Fsp3) is 0.565. The third-order valence-corrected chi connectivity index (χ3v) is 11.3. The van der Waals surface area contributed by atoms with E-state index < -0.39 is 17.4 Å². The first-order valence-electron chi connectivity index (χ1n) is 20.7. The van der Waals surface area contributed by atoms with Crippen LogP contribution in [0.3, 0.4) is 0 Å². The van der Waals surface area contributed by atoms with Gasteiger partial charge in [0.2, 0.25) is 0 Å². The van der Waals surface area contributed by atoms with E-state index in [9.17, 15) is 24.9 Å². The molecule has 310 valence electrons. The second kappa shape index (κ2) is 18.4. The number of hydrogen-bond acceptors (Lipinski definition) is 10. The van der Waals surface area contributed by atoms with E-state index in [1.807, 2.05) is 38.2 Å². The van der Waals surface area contributed by atoms with Crippen LogP contribution in [0.1, 0.15) is 135 Å². The molecule has 11 nitrogen and oxygen atoms in total. The molecular weight excluding hydrogens is 723 g/mol. The largest absolute Gasteiger partial charge is 0.507 e. The standard InChI is InChI=1S/C46H63N3O8/c1-10-55-43-31(7)41(51)37-36-35(43)32(50)21-14-13-15-22-33(56-27(2)3)30(6)34(57-45(8,9)54)24-23-28(4)19-18-20-29(5)44(53)47-40(42(37)52)39-38(36)48-46(49-39)25-16-11-12-17-26-46/h13-14,18-20,28,30,33-34,51-52,54H,2,10-12,15-17,21-26H2,1,3-9H3,(H,47,53)/b14-13+,19-18+,29-20-/t28?,30-,33?,34?/m0/s1. The van der Waals surface area contributed by atoms with E-state index in [1.165, 1.54) is 0 Å². The van der Waals surface area contributed by atoms with E-state index in [0.29, 0.717) is 59.7 Å². The molecule has 2 aromatic carbocycles. The van der Waals surface area contributed by atoms with Gasteiger partial charge in [0.05, 0.1) is 34.8 Å². The fourth-order valence-corrected chi connectivity index (χ4v) is 8.27. The lowest BCUT2D eigenvalue weighted by molar-refractivity contribution is -0.224. The molecule has 1 fully saturated rings. The number of aliphatic hydroxyl groups is 1. The van der Waals surface area contributed by atoms with Crippen LogP contribution in [0.4, 0.5) is 5.69 Å². The van der Waals surface area contributed by atoms with Gasteiger partial charge in [-0.05, 0) is 98.8 Å². The van der Waals surface area contributed by atoms with Crippen molar-refractivity contribution in [2.75, 3.05) is 11.9 Å². The highest BCUT2D eigenvalue weighted by atomic mass is 16.6. The van der Waals surface area contributed by atoms with Crippen molar-refractivity contribution in [3.05, 3.63) is 70.1 Å². The number of nitrogens with one attached hydrogen (secondary N) is 1. The summed E-state index contributed by atoms with van der Waals surface area (Å²) in [6.07, 6.45) is 16.7. The summed E-state index contributed by atoms with van der Waals surface area (Å²) in [7, 11) is 0. The minimum atomic E-state index is -1.36. The van der Waals surface area contributed by atoms with E-state index >= 15 is 0 Å². The molecule has 2 aromatic rings. The molecule has 3 aliphatic rings. The monoisotopic (exact) mass is 785 g/mol. The molecule has 2 aliphatic heterocycles. The van der Waals surface area contributed by atoms with Gasteiger partial charge in [-0.1, -0.05) is 63.6 Å². The molecule has 2 bridgehead atoms. The van der Waals surface area contributed by atoms with Crippen molar-refractivity contribution in [2.24, 2.45) is 21.8 Å². The second-order valence-electron chi connectivity index (χ2n) is 16.6. The van der Waals surface area contributed by atoms with E-state index in [1.54, 1.807) is 33.8 Å². The lowest BCUT2D eigenvalue weighted by atomic mass is 9.89. The van der Waals surface area contributed by atoms with Crippen LogP contribution in [-0.4, -0.2) is 57.3 Å². The molecule has 4 atom stereocenters. The van der Waals surface area contributed by atoms with Crippen molar-refractivity contribution in [1.82, 2.24) is 0 Å². The number of carbonyl (C=O) groups is 2. The average molecular weight is 786 g/mol. The second-order valence-corrected chi connectivity index (χ2v) is 16.6. The summed E-state index contributed by atoms with van der Waals surface area (Å²) in [4.78, 5) is 38.8. The van der Waals surface area contributed by atoms with Crippen molar-refractivity contribution in [3.63, 3.8) is 0 Å². The normalized spacial score (nSPS) is 25.7. The Morgan fingerprint density at radius 2 is 1.65 bits per heavy atom. The number of hydrogen-bond donors (Lipinski definition) is 4. The Kier molecular flexibility index (Phi) is 14.1. The number of nitrogens with zero attached hydrogens (tertiary/aromatic N) is 2. The molecule has 1 spiro atoms. The van der Waals surface area contributed by atoms with Crippen LogP contribution in [0.15, 0.2) is 58.3 Å². The van der Waals surface area contributed by atoms with Gasteiger partial charge in [-0.25, -0.2) is 0 Å². The Labute approximate surface area is 337 Å². The maximum absolute atomic E-state index is 14.5. The molecular formula is C46H63N3O8. The van der Waals surface area contributed by atoms with Crippen LogP contribution in [0, 0.1) is 18.8 Å². The highest BCUT2D eigenvalue weighted by Crippen LogP contribution is 2.46. The molecule has 0 radical (unpaired) electrons. The van der Waals surface area contributed by atoms with Crippen molar-refractivity contribution >= 4 is 28.2 Å². The molecule has 1 aliphatic carbocycles. The number of carbonyl (C=O) groups excluding carboxylic acids is 2. The van der Waals surface area contributed by atoms with Crippen molar-refractivity contribution in [2.45, 2.75) is 150 Å². The number of phenols is 2. The first kappa shape index (κ1) is 43.6. The Morgan fingerprint density at radius 3 is 2.30 bits per heavy atom. The Hall–Kier alpha value is -4.48. The summed E-state index contributed by atoms with van der Waals surface area (Å²) in [5.74, 6) is -1.93. The van der Waals surface area contributed by atoms with Gasteiger partial charge >= 0.3 is 0 Å². The highest BCUT2D eigenvalue weighted by molar-refractivity contribution is 6.16. The zero-order valence-electron chi connectivity index (χ0n) is 35.2. The molecule has 4 N–H and O–H groups in total. The number of Topliss-reactive ketones (excluding diaryl/α,β-unsaturated/α-hetero) is 1. The van der Waals surface area contributed by atoms with Gasteiger partial charge in [-0.2, -0.15) is 0 Å². The molecule has 0 saturated heterocycles. The Morgan fingerprint density at radius 1 is 0.965 bits per heavy atom. The molecule has 11 heteroatoms. The summed E-state index contributed by atoms with van der Waals surface area (Å²) in [5.41, 5.74) is 0.109. The Bertz CT molecular complexity index is 2070. The fourth-order valence-electron chi connectivity index (χ4n) is 8.27. The van der Waals surface area contributed by atoms with Gasteiger partial charge < -0.3 is 34.8 Å². The van der Waals surface area contributed by atoms with Crippen LogP contribution in [-0.2, 0) is 14.3 Å². The zero-order chi connectivity index (χ0) is 41.7. The quantitative estimate of drug-likeness (QED) is 0.0980. The number of benzene rings is 2. The highest BCUT2D eigenvalue weighted by Gasteiger charge is 2.37. The minimum absolute atomic E-state index is 0.0105. The van der Waals surface area contributed by atoms with Gasteiger partial charge in [-0.3, -0.25) is 19.6 Å². The number of anilines is 1. The van der Waals surface area contributed by atoms with Crippen molar-refractivity contribution in [1.29, 1.82) is 0 Å². The summed E-state index contributed by atoms with van der Waals surface area (Å²) < 4.78 is 18.6. The smallest absolute Gasteiger partial charge is 0.251 e. The predicted molar refractivity (Wildman–Crippen MR) is 223 cm³/mol. The lowest BCUT2D eigenvalue weighted by Crippen LogP contribution is -2.39. The van der Waals surface area contributed by atoms with E-state index in [4.69, 9.17) is 24.2 Å². The van der Waals surface area contributed by atoms with Gasteiger partial charge in [0.25, 0.3) is 5.91 Å². The number of aromatic hydroxyl groups is 2. The minimum Gasteiger partial charge on any atom is -0.507 e. The third kappa shape index (κ3) is 10.2. The number of ether oxygens (including phenoxy) is 3. The number of ketones is 1. The van der Waals surface area contributed by atoms with Crippen molar-refractivity contribution in [3.8, 4) is 17.2 Å². The molecule has 1 saturated carbocycles. The molecule has 3 unspecified atom stereocenters. The van der Waals surface area contributed by atoms with Gasteiger partial charge in [0.15, 0.2) is 23.0 Å². The molecule has 2 heterocycles. The Balaban J connectivity index is 1.70. The van der Waals surface area contributed by atoms with Crippen LogP contribution >= 0.6 is 0 Å². The summed E-state index contributed by atoms with van der Waals surface area (Å²) in [5, 5.41) is 38.4. The van der Waals surface area contributed by atoms with Crippen molar-refractivity contribution < 1.29 is 39.1 Å². The van der Waals surface area contributed by atoms with E-state index in [-0.39, 0.29) is 82.1 Å². The summed E-state index contributed by atoms with van der Waals surface area (Å²) in [6, 6.07) is 0. The van der Waals surface area contributed by atoms with Gasteiger partial charge in [0, 0.05) is 28.9 Å². The number of phenolic OH excluding ortho intramolecular Hbond substituents is 2. The van der Waals surface area contributed by atoms with E-state index in [0.717, 1.165) is 32.1 Å². The molecule has 0 aromatic heterocycles. The van der Waals surface area contributed by atoms with Gasteiger partial charge in [0.1, 0.15) is 28.6 Å². The maximum Gasteiger partial charge on any atom is 0.251 e. The molecule has 1 amide bonds. The maximum atomic E-state index is 14.5. The average Bonchev–Trinajstić information content (AvgIpc) is 3.36. The zero-order valence-corrected chi connectivity index (χ0v) is 35.2. The number of allylic oxidation sites excluding steroid dienone is 6. The number of amides is 1. The topological polar surface area (TPSA) is 159 Å². The van der Waals surface area contributed by atoms with Gasteiger partial charge in [-0.15, -0.1) is 0 Å². The van der Waals surface area contributed by atoms with Crippen LogP contribution in [0.5, 0.6) is 17.2 Å². The molecule has 57 heavy (non-hydrogen) atoms. The predicted octanol–water partition coefficient (Wildman–Crippen LogP) is 8.71. The van der Waals surface area contributed by atoms with Crippen LogP contribution < -0.4 is 20.8 Å². The summed E-state index contributed by atoms with van der Waals surface area (Å²) >= 11 is 0. The third-order valence-electron chi connectivity index (χ3n) is 11.3. The van der Waals surface area contributed by atoms with Crippen LogP contribution in [0.2, 0.25) is 0 Å². The first-order chi connectivity index (χ1) is 27.0. The van der Waals surface area contributed by atoms with Crippen LogP contribution in [0.25, 0.3) is 10.8 Å².